The zero-order valence-corrected chi connectivity index (χ0v) is 17.9. The van der Waals surface area contributed by atoms with Gasteiger partial charge in [-0.25, -0.2) is 4.99 Å². The van der Waals surface area contributed by atoms with Crippen LogP contribution < -0.4 is 16.0 Å². The summed E-state index contributed by atoms with van der Waals surface area (Å²) in [6, 6.07) is 8.23. The Kier molecular flexibility index (Phi) is 8.35. The molecule has 1 heterocycles. The fourth-order valence-electron chi connectivity index (χ4n) is 4.01. The number of guanidine groups is 1. The molecule has 2 aliphatic rings. The first-order valence-corrected chi connectivity index (χ1v) is 11.2. The van der Waals surface area contributed by atoms with E-state index in [2.05, 4.69) is 29.8 Å². The van der Waals surface area contributed by atoms with Crippen LogP contribution in [0, 0.1) is 5.92 Å². The van der Waals surface area contributed by atoms with E-state index in [0.717, 1.165) is 43.4 Å². The first-order chi connectivity index (χ1) is 14.1. The second-order valence-electron chi connectivity index (χ2n) is 8.34. The third-order valence-corrected chi connectivity index (χ3v) is 5.82. The summed E-state index contributed by atoms with van der Waals surface area (Å²) in [7, 11) is 0. The lowest BCUT2D eigenvalue weighted by Crippen LogP contribution is -2.44. The van der Waals surface area contributed by atoms with Crippen LogP contribution in [-0.2, 0) is 11.3 Å². The van der Waals surface area contributed by atoms with E-state index in [-0.39, 0.29) is 12.0 Å². The van der Waals surface area contributed by atoms with Crippen molar-refractivity contribution in [2.45, 2.75) is 71.1 Å². The number of benzene rings is 1. The predicted octanol–water partition coefficient (Wildman–Crippen LogP) is 3.23. The van der Waals surface area contributed by atoms with Gasteiger partial charge in [0, 0.05) is 31.3 Å². The molecule has 3 rings (SSSR count). The maximum atomic E-state index is 12.5. The average molecular weight is 401 g/mol. The van der Waals surface area contributed by atoms with Gasteiger partial charge in [-0.1, -0.05) is 19.1 Å². The van der Waals surface area contributed by atoms with E-state index in [1.807, 2.05) is 24.3 Å². The average Bonchev–Trinajstić information content (AvgIpc) is 3.26. The van der Waals surface area contributed by atoms with Crippen LogP contribution in [0.4, 0.5) is 0 Å². The zero-order valence-electron chi connectivity index (χ0n) is 17.9. The highest BCUT2D eigenvalue weighted by Gasteiger charge is 2.19. The van der Waals surface area contributed by atoms with Gasteiger partial charge in [0.15, 0.2) is 5.96 Å². The molecular formula is C23H36N4O2. The summed E-state index contributed by atoms with van der Waals surface area (Å²) in [5.41, 5.74) is 1.71. The molecule has 1 saturated heterocycles. The van der Waals surface area contributed by atoms with E-state index in [9.17, 15) is 4.79 Å². The first kappa shape index (κ1) is 21.6. The Hall–Kier alpha value is -2.08. The molecule has 0 aromatic heterocycles. The maximum absolute atomic E-state index is 12.5. The number of ether oxygens (including phenoxy) is 1. The molecule has 1 saturated carbocycles. The molecule has 1 aliphatic carbocycles. The summed E-state index contributed by atoms with van der Waals surface area (Å²) in [5, 5.41) is 9.91. The molecule has 0 radical (unpaired) electrons. The van der Waals surface area contributed by atoms with Gasteiger partial charge in [-0.3, -0.25) is 4.79 Å². The summed E-state index contributed by atoms with van der Waals surface area (Å²) in [6.07, 6.45) is 7.21. The number of rotatable bonds is 7. The van der Waals surface area contributed by atoms with Gasteiger partial charge in [-0.2, -0.15) is 0 Å². The Morgan fingerprint density at radius 1 is 1.17 bits per heavy atom. The number of nitrogens with one attached hydrogen (secondary N) is 3. The van der Waals surface area contributed by atoms with Gasteiger partial charge < -0.3 is 20.7 Å². The summed E-state index contributed by atoms with van der Waals surface area (Å²) in [5.74, 6) is 1.65. The Balaban J connectivity index is 1.54. The Labute approximate surface area is 174 Å². The van der Waals surface area contributed by atoms with Gasteiger partial charge in [0.2, 0.25) is 0 Å². The lowest BCUT2D eigenvalue weighted by molar-refractivity contribution is 0.0857. The molecule has 1 unspecified atom stereocenters. The topological polar surface area (TPSA) is 74.8 Å². The first-order valence-electron chi connectivity index (χ1n) is 11.2. The number of hydrogen-bond donors (Lipinski definition) is 3. The van der Waals surface area contributed by atoms with Gasteiger partial charge in [-0.15, -0.1) is 0 Å². The number of hydrogen-bond acceptors (Lipinski definition) is 3. The molecule has 1 aromatic carbocycles. The minimum atomic E-state index is -0.0484. The van der Waals surface area contributed by atoms with Crippen LogP contribution in [0.1, 0.15) is 68.3 Å². The molecule has 1 amide bonds. The molecule has 160 valence electrons. The SMILES string of the molecule is CCNC(=NCc1cccc(C(=O)NCC2CCCO2)c1)NC1CCC(C)CC1. The van der Waals surface area contributed by atoms with Crippen LogP contribution >= 0.6 is 0 Å². The van der Waals surface area contributed by atoms with Crippen molar-refractivity contribution >= 4 is 11.9 Å². The lowest BCUT2D eigenvalue weighted by Gasteiger charge is -2.28. The summed E-state index contributed by atoms with van der Waals surface area (Å²) < 4.78 is 5.57. The maximum Gasteiger partial charge on any atom is 0.251 e. The normalized spacial score (nSPS) is 24.9. The summed E-state index contributed by atoms with van der Waals surface area (Å²) in [6.45, 7) is 7.18. The Morgan fingerprint density at radius 2 is 2.00 bits per heavy atom. The van der Waals surface area contributed by atoms with Gasteiger partial charge in [0.05, 0.1) is 12.6 Å². The quantitative estimate of drug-likeness (QED) is 0.485. The number of carbonyl (C=O) groups excluding carboxylic acids is 1. The molecule has 29 heavy (non-hydrogen) atoms. The van der Waals surface area contributed by atoms with Crippen LogP contribution in [0.25, 0.3) is 0 Å². The lowest BCUT2D eigenvalue weighted by atomic mass is 9.87. The van der Waals surface area contributed by atoms with Crippen molar-refractivity contribution < 1.29 is 9.53 Å². The van der Waals surface area contributed by atoms with Crippen LogP contribution in [0.2, 0.25) is 0 Å². The van der Waals surface area contributed by atoms with Crippen LogP contribution in [0.3, 0.4) is 0 Å². The third kappa shape index (κ3) is 7.03. The molecular weight excluding hydrogens is 364 g/mol. The highest BCUT2D eigenvalue weighted by atomic mass is 16.5. The molecule has 6 heteroatoms. The second kappa shape index (κ2) is 11.2. The van der Waals surface area contributed by atoms with Gasteiger partial charge in [0.1, 0.15) is 0 Å². The van der Waals surface area contributed by atoms with Crippen molar-refractivity contribution in [3.8, 4) is 0 Å². The molecule has 0 spiro atoms. The van der Waals surface area contributed by atoms with Gasteiger partial charge in [-0.05, 0) is 69.1 Å². The molecule has 3 N–H and O–H groups in total. The van der Waals surface area contributed by atoms with E-state index < -0.39 is 0 Å². The number of aliphatic imine (C=N–C) groups is 1. The van der Waals surface area contributed by atoms with Gasteiger partial charge in [0.25, 0.3) is 5.91 Å². The van der Waals surface area contributed by atoms with Crippen molar-refractivity contribution in [2.75, 3.05) is 19.7 Å². The molecule has 1 aliphatic heterocycles. The molecule has 6 nitrogen and oxygen atoms in total. The minimum absolute atomic E-state index is 0.0484. The Bertz CT molecular complexity index is 677. The minimum Gasteiger partial charge on any atom is -0.376 e. The van der Waals surface area contributed by atoms with Crippen molar-refractivity contribution in [3.63, 3.8) is 0 Å². The van der Waals surface area contributed by atoms with E-state index in [0.29, 0.717) is 24.7 Å². The third-order valence-electron chi connectivity index (χ3n) is 5.82. The van der Waals surface area contributed by atoms with E-state index in [4.69, 9.17) is 9.73 Å². The van der Waals surface area contributed by atoms with Crippen molar-refractivity contribution in [1.29, 1.82) is 0 Å². The number of amides is 1. The second-order valence-corrected chi connectivity index (χ2v) is 8.34. The van der Waals surface area contributed by atoms with E-state index in [1.165, 1.54) is 25.7 Å². The van der Waals surface area contributed by atoms with E-state index in [1.54, 1.807) is 0 Å². The zero-order chi connectivity index (χ0) is 20.5. The van der Waals surface area contributed by atoms with E-state index >= 15 is 0 Å². The fraction of sp³-hybridized carbons (Fsp3) is 0.652. The standard InChI is InChI=1S/C23H36N4O2/c1-3-24-23(27-20-11-9-17(2)10-12-20)26-15-18-6-4-7-19(14-18)22(28)25-16-21-8-5-13-29-21/h4,6-7,14,17,20-21H,3,5,8-13,15-16H2,1-2H3,(H,25,28)(H2,24,26,27). The van der Waals surface area contributed by atoms with Crippen molar-refractivity contribution in [3.05, 3.63) is 35.4 Å². The molecule has 0 bridgehead atoms. The van der Waals surface area contributed by atoms with Crippen LogP contribution in [-0.4, -0.2) is 43.7 Å². The highest BCUT2D eigenvalue weighted by molar-refractivity contribution is 5.94. The van der Waals surface area contributed by atoms with Crippen LogP contribution in [0.15, 0.2) is 29.3 Å². The Morgan fingerprint density at radius 3 is 2.72 bits per heavy atom. The molecule has 1 aromatic rings. The van der Waals surface area contributed by atoms with Gasteiger partial charge >= 0.3 is 0 Å². The largest absolute Gasteiger partial charge is 0.376 e. The molecule has 2 fully saturated rings. The predicted molar refractivity (Wildman–Crippen MR) is 117 cm³/mol. The monoisotopic (exact) mass is 400 g/mol. The molecule has 1 atom stereocenters. The fourth-order valence-corrected chi connectivity index (χ4v) is 4.01. The number of carbonyl (C=O) groups is 1. The van der Waals surface area contributed by atoms with Crippen molar-refractivity contribution in [2.24, 2.45) is 10.9 Å². The number of nitrogens with zero attached hydrogens (tertiary/aromatic N) is 1. The summed E-state index contributed by atoms with van der Waals surface area (Å²) in [4.78, 5) is 17.2. The summed E-state index contributed by atoms with van der Waals surface area (Å²) >= 11 is 0. The van der Waals surface area contributed by atoms with Crippen LogP contribution in [0.5, 0.6) is 0 Å². The van der Waals surface area contributed by atoms with Crippen molar-refractivity contribution in [1.82, 2.24) is 16.0 Å². The highest BCUT2D eigenvalue weighted by Crippen LogP contribution is 2.23. The smallest absolute Gasteiger partial charge is 0.251 e.